The topological polar surface area (TPSA) is 75.5 Å². The first kappa shape index (κ1) is 18.0. The molecule has 8 heteroatoms. The molecule has 1 aliphatic heterocycles. The molecule has 2 heterocycles. The lowest BCUT2D eigenvalue weighted by atomic mass is 10.0. The lowest BCUT2D eigenvalue weighted by Crippen LogP contribution is -2.60. The summed E-state index contributed by atoms with van der Waals surface area (Å²) < 4.78 is 28.3. The maximum atomic E-state index is 12.7. The minimum atomic E-state index is -3.43. The number of carbonyl (C=O) groups is 1. The van der Waals surface area contributed by atoms with E-state index in [9.17, 15) is 13.2 Å². The van der Waals surface area contributed by atoms with Gasteiger partial charge in [0, 0.05) is 44.4 Å². The number of carbonyl (C=O) groups excluding carboxylic acids is 1. The van der Waals surface area contributed by atoms with Gasteiger partial charge in [0.15, 0.2) is 0 Å². The van der Waals surface area contributed by atoms with E-state index >= 15 is 0 Å². The van der Waals surface area contributed by atoms with Gasteiger partial charge < -0.3 is 4.90 Å². The summed E-state index contributed by atoms with van der Waals surface area (Å²) in [4.78, 5) is 14.0. The first-order chi connectivity index (χ1) is 11.9. The number of hydrogen-bond acceptors (Lipinski definition) is 4. The van der Waals surface area contributed by atoms with Crippen LogP contribution in [-0.4, -0.2) is 58.7 Å². The Balaban J connectivity index is 1.54. The molecule has 0 radical (unpaired) electrons. The molecule has 1 amide bonds. The monoisotopic (exact) mass is 364 g/mol. The summed E-state index contributed by atoms with van der Waals surface area (Å²) >= 11 is 0. The van der Waals surface area contributed by atoms with Gasteiger partial charge in [0.1, 0.15) is 11.8 Å². The number of rotatable bonds is 6. The molecule has 2 aliphatic rings. The number of likely N-dealkylation sites (tertiary alicyclic amines) is 1. The molecule has 7 nitrogen and oxygen atoms in total. The van der Waals surface area contributed by atoms with Gasteiger partial charge in [-0.1, -0.05) is 18.8 Å². The molecule has 0 N–H and O–H groups in total. The van der Waals surface area contributed by atoms with Gasteiger partial charge in [0.2, 0.25) is 15.9 Å². The SMILES string of the molecule is C#CCn1cc(CN(C)S(=O)(=O)C2CN(C(=O)C3CCCC3)C2)cn1. The van der Waals surface area contributed by atoms with Crippen LogP contribution in [0.4, 0.5) is 0 Å². The number of sulfonamides is 1. The van der Waals surface area contributed by atoms with E-state index in [1.165, 1.54) is 4.31 Å². The van der Waals surface area contributed by atoms with Crippen LogP contribution in [0.2, 0.25) is 0 Å². The lowest BCUT2D eigenvalue weighted by molar-refractivity contribution is -0.138. The first-order valence-electron chi connectivity index (χ1n) is 8.60. The largest absolute Gasteiger partial charge is 0.340 e. The van der Waals surface area contributed by atoms with Crippen molar-refractivity contribution in [1.29, 1.82) is 0 Å². The maximum absolute atomic E-state index is 12.7. The summed E-state index contributed by atoms with van der Waals surface area (Å²) in [6, 6.07) is 0. The zero-order valence-corrected chi connectivity index (χ0v) is 15.3. The van der Waals surface area contributed by atoms with Crippen LogP contribution in [0.5, 0.6) is 0 Å². The Morgan fingerprint density at radius 2 is 2.08 bits per heavy atom. The molecule has 25 heavy (non-hydrogen) atoms. The smallest absolute Gasteiger partial charge is 0.225 e. The Kier molecular flexibility index (Phi) is 5.16. The Morgan fingerprint density at radius 1 is 1.40 bits per heavy atom. The average molecular weight is 364 g/mol. The summed E-state index contributed by atoms with van der Waals surface area (Å²) in [5, 5.41) is 3.59. The van der Waals surface area contributed by atoms with Crippen molar-refractivity contribution in [2.24, 2.45) is 5.92 Å². The number of amides is 1. The van der Waals surface area contributed by atoms with Crippen LogP contribution in [-0.2, 0) is 27.9 Å². The minimum Gasteiger partial charge on any atom is -0.340 e. The molecular formula is C17H24N4O3S. The van der Waals surface area contributed by atoms with Gasteiger partial charge in [-0.15, -0.1) is 6.42 Å². The van der Waals surface area contributed by atoms with Gasteiger partial charge in [0.25, 0.3) is 0 Å². The minimum absolute atomic E-state index is 0.100. The highest BCUT2D eigenvalue weighted by Gasteiger charge is 2.43. The van der Waals surface area contributed by atoms with E-state index in [1.54, 1.807) is 29.0 Å². The fourth-order valence-corrected chi connectivity index (χ4v) is 5.08. The molecule has 1 aromatic rings. The summed E-state index contributed by atoms with van der Waals surface area (Å²) in [6.45, 7) is 1.22. The first-order valence-corrected chi connectivity index (χ1v) is 10.1. The van der Waals surface area contributed by atoms with Crippen molar-refractivity contribution in [3.8, 4) is 12.3 Å². The normalized spacial score (nSPS) is 19.2. The van der Waals surface area contributed by atoms with Gasteiger partial charge in [-0.25, -0.2) is 12.7 Å². The quantitative estimate of drug-likeness (QED) is 0.696. The van der Waals surface area contributed by atoms with Crippen LogP contribution in [0.15, 0.2) is 12.4 Å². The molecule has 1 aliphatic carbocycles. The zero-order valence-electron chi connectivity index (χ0n) is 14.5. The van der Waals surface area contributed by atoms with Crippen LogP contribution in [0.25, 0.3) is 0 Å². The van der Waals surface area contributed by atoms with E-state index in [1.807, 2.05) is 0 Å². The third-order valence-corrected chi connectivity index (χ3v) is 7.20. The summed E-state index contributed by atoms with van der Waals surface area (Å²) in [5.74, 6) is 2.71. The van der Waals surface area contributed by atoms with Crippen LogP contribution in [0.1, 0.15) is 31.2 Å². The van der Waals surface area contributed by atoms with E-state index in [0.717, 1.165) is 31.2 Å². The van der Waals surface area contributed by atoms with Crippen LogP contribution >= 0.6 is 0 Å². The molecule has 1 saturated heterocycles. The molecule has 0 spiro atoms. The van der Waals surface area contributed by atoms with Crippen molar-refractivity contribution in [3.63, 3.8) is 0 Å². The molecule has 1 saturated carbocycles. The summed E-state index contributed by atoms with van der Waals surface area (Å²) in [7, 11) is -1.87. The summed E-state index contributed by atoms with van der Waals surface area (Å²) in [5.41, 5.74) is 0.791. The highest BCUT2D eigenvalue weighted by Crippen LogP contribution is 2.30. The fourth-order valence-electron chi connectivity index (χ4n) is 3.51. The van der Waals surface area contributed by atoms with E-state index < -0.39 is 15.3 Å². The zero-order chi connectivity index (χ0) is 18.0. The van der Waals surface area contributed by atoms with Gasteiger partial charge in [-0.3, -0.25) is 9.48 Å². The van der Waals surface area contributed by atoms with Gasteiger partial charge >= 0.3 is 0 Å². The predicted molar refractivity (Wildman–Crippen MR) is 93.8 cm³/mol. The number of aromatic nitrogens is 2. The van der Waals surface area contributed by atoms with Gasteiger partial charge in [-0.2, -0.15) is 5.10 Å². The molecule has 0 atom stereocenters. The number of nitrogens with zero attached hydrogens (tertiary/aromatic N) is 4. The van der Waals surface area contributed by atoms with E-state index in [4.69, 9.17) is 6.42 Å². The molecule has 0 unspecified atom stereocenters. The molecular weight excluding hydrogens is 340 g/mol. The van der Waals surface area contributed by atoms with E-state index in [0.29, 0.717) is 19.6 Å². The van der Waals surface area contributed by atoms with Crippen molar-refractivity contribution in [1.82, 2.24) is 19.0 Å². The maximum Gasteiger partial charge on any atom is 0.225 e. The predicted octanol–water partition coefficient (Wildman–Crippen LogP) is 0.679. The van der Waals surface area contributed by atoms with E-state index in [-0.39, 0.29) is 18.4 Å². The third-order valence-electron chi connectivity index (χ3n) is 5.07. The van der Waals surface area contributed by atoms with Crippen molar-refractivity contribution in [2.75, 3.05) is 20.1 Å². The molecule has 2 fully saturated rings. The van der Waals surface area contributed by atoms with Crippen molar-refractivity contribution in [2.45, 2.75) is 44.0 Å². The number of terminal acetylenes is 1. The van der Waals surface area contributed by atoms with Crippen LogP contribution < -0.4 is 0 Å². The summed E-state index contributed by atoms with van der Waals surface area (Å²) in [6.07, 6.45) is 12.7. The third kappa shape index (κ3) is 3.72. The highest BCUT2D eigenvalue weighted by atomic mass is 32.2. The number of hydrogen-bond donors (Lipinski definition) is 0. The van der Waals surface area contributed by atoms with Gasteiger partial charge in [-0.05, 0) is 12.8 Å². The molecule has 1 aromatic heterocycles. The Labute approximate surface area is 149 Å². The molecule has 0 aromatic carbocycles. The van der Waals surface area contributed by atoms with Crippen molar-refractivity contribution < 1.29 is 13.2 Å². The lowest BCUT2D eigenvalue weighted by Gasteiger charge is -2.41. The molecule has 0 bridgehead atoms. The van der Waals surface area contributed by atoms with Crippen molar-refractivity contribution >= 4 is 15.9 Å². The van der Waals surface area contributed by atoms with E-state index in [2.05, 4.69) is 11.0 Å². The second-order valence-electron chi connectivity index (χ2n) is 6.90. The second-order valence-corrected chi connectivity index (χ2v) is 9.22. The molecule has 136 valence electrons. The Hall–Kier alpha value is -1.85. The van der Waals surface area contributed by atoms with Crippen LogP contribution in [0, 0.1) is 18.3 Å². The van der Waals surface area contributed by atoms with Crippen molar-refractivity contribution in [3.05, 3.63) is 18.0 Å². The second kappa shape index (κ2) is 7.18. The molecule has 3 rings (SSSR count). The highest BCUT2D eigenvalue weighted by molar-refractivity contribution is 7.89. The van der Waals surface area contributed by atoms with Crippen LogP contribution in [0.3, 0.4) is 0 Å². The average Bonchev–Trinajstić information content (AvgIpc) is 3.17. The Bertz CT molecular complexity index is 768. The fraction of sp³-hybridized carbons (Fsp3) is 0.647. The Morgan fingerprint density at radius 3 is 2.72 bits per heavy atom. The standard InChI is InChI=1S/C17H24N4O3S/c1-3-8-21-11-14(9-18-21)10-19(2)25(23,24)16-12-20(13-16)17(22)15-6-4-5-7-15/h1,9,11,15-16H,4-8,10,12-13H2,2H3. The van der Waals surface area contributed by atoms with Gasteiger partial charge in [0.05, 0.1) is 6.20 Å².